The summed E-state index contributed by atoms with van der Waals surface area (Å²) in [5, 5.41) is 0.908. The molecule has 0 aromatic heterocycles. The van der Waals surface area contributed by atoms with Gasteiger partial charge in [-0.15, -0.1) is 0 Å². The lowest BCUT2D eigenvalue weighted by molar-refractivity contribution is -0.149. The van der Waals surface area contributed by atoms with Gasteiger partial charge in [-0.3, -0.25) is 4.79 Å². The van der Waals surface area contributed by atoms with Crippen LogP contribution in [0.1, 0.15) is 12.0 Å². The van der Waals surface area contributed by atoms with Gasteiger partial charge in [-0.2, -0.15) is 0 Å². The Hall–Kier alpha value is -0.870. The summed E-state index contributed by atoms with van der Waals surface area (Å²) in [7, 11) is 0. The van der Waals surface area contributed by atoms with Crippen LogP contribution in [-0.2, 0) is 16.1 Å². The summed E-state index contributed by atoms with van der Waals surface area (Å²) in [5.41, 5.74) is 1.17. The van der Waals surface area contributed by atoms with Crippen molar-refractivity contribution in [3.05, 3.63) is 35.9 Å². The number of benzene rings is 1. The standard InChI is InChI=1S/C13H16BrNO2/c14-7-6-12-9-15(13(16)10-17-12)8-11-4-2-1-3-5-11/h1-5,12H,6-10H2. The van der Waals surface area contributed by atoms with Crippen LogP contribution in [0.4, 0.5) is 0 Å². The van der Waals surface area contributed by atoms with E-state index in [-0.39, 0.29) is 18.6 Å². The van der Waals surface area contributed by atoms with Crippen molar-refractivity contribution in [1.29, 1.82) is 0 Å². The highest BCUT2D eigenvalue weighted by Crippen LogP contribution is 2.14. The third-order valence-corrected chi connectivity index (χ3v) is 3.32. The number of ether oxygens (including phenoxy) is 1. The monoisotopic (exact) mass is 297 g/mol. The highest BCUT2D eigenvalue weighted by Gasteiger charge is 2.25. The number of carbonyl (C=O) groups is 1. The summed E-state index contributed by atoms with van der Waals surface area (Å²) in [6.45, 7) is 1.59. The van der Waals surface area contributed by atoms with Crippen LogP contribution in [0.5, 0.6) is 0 Å². The maximum Gasteiger partial charge on any atom is 0.248 e. The van der Waals surface area contributed by atoms with Crippen molar-refractivity contribution in [2.75, 3.05) is 18.5 Å². The molecule has 3 nitrogen and oxygen atoms in total. The fourth-order valence-electron chi connectivity index (χ4n) is 1.93. The van der Waals surface area contributed by atoms with E-state index in [0.29, 0.717) is 13.1 Å². The van der Waals surface area contributed by atoms with Crippen LogP contribution in [0.3, 0.4) is 0 Å². The zero-order valence-corrected chi connectivity index (χ0v) is 11.2. The molecule has 0 spiro atoms. The molecule has 1 aliphatic rings. The summed E-state index contributed by atoms with van der Waals surface area (Å²) >= 11 is 3.40. The molecule has 4 heteroatoms. The molecule has 1 atom stereocenters. The van der Waals surface area contributed by atoms with E-state index >= 15 is 0 Å². The first-order chi connectivity index (χ1) is 8.29. The summed E-state index contributed by atoms with van der Waals surface area (Å²) in [6, 6.07) is 10.1. The molecule has 1 fully saturated rings. The summed E-state index contributed by atoms with van der Waals surface area (Å²) in [5.74, 6) is 0.0830. The van der Waals surface area contributed by atoms with Gasteiger partial charge in [0, 0.05) is 18.4 Å². The van der Waals surface area contributed by atoms with Gasteiger partial charge in [-0.1, -0.05) is 46.3 Å². The maximum atomic E-state index is 11.7. The smallest absolute Gasteiger partial charge is 0.248 e. The normalized spacial score (nSPS) is 20.6. The lowest BCUT2D eigenvalue weighted by Crippen LogP contribution is -2.46. The molecule has 0 radical (unpaired) electrons. The van der Waals surface area contributed by atoms with Crippen LogP contribution >= 0.6 is 15.9 Å². The molecule has 2 rings (SSSR count). The van der Waals surface area contributed by atoms with Gasteiger partial charge in [-0.05, 0) is 12.0 Å². The second kappa shape index (κ2) is 6.17. The zero-order chi connectivity index (χ0) is 12.1. The van der Waals surface area contributed by atoms with E-state index in [1.165, 1.54) is 5.56 Å². The maximum absolute atomic E-state index is 11.7. The Bertz CT molecular complexity index is 369. The van der Waals surface area contributed by atoms with Crippen LogP contribution in [0.25, 0.3) is 0 Å². The number of carbonyl (C=O) groups excluding carboxylic acids is 1. The lowest BCUT2D eigenvalue weighted by atomic mass is 10.1. The van der Waals surface area contributed by atoms with Gasteiger partial charge in [0.1, 0.15) is 6.61 Å². The van der Waals surface area contributed by atoms with Crippen LogP contribution in [0, 0.1) is 0 Å². The molecule has 0 bridgehead atoms. The Kier molecular flexibility index (Phi) is 4.57. The van der Waals surface area contributed by atoms with Gasteiger partial charge in [0.05, 0.1) is 6.10 Å². The number of amides is 1. The topological polar surface area (TPSA) is 29.5 Å². The van der Waals surface area contributed by atoms with Crippen molar-refractivity contribution in [1.82, 2.24) is 4.90 Å². The molecule has 0 saturated carbocycles. The van der Waals surface area contributed by atoms with Gasteiger partial charge >= 0.3 is 0 Å². The van der Waals surface area contributed by atoms with Crippen molar-refractivity contribution in [3.63, 3.8) is 0 Å². The summed E-state index contributed by atoms with van der Waals surface area (Å²) in [6.07, 6.45) is 1.11. The summed E-state index contributed by atoms with van der Waals surface area (Å²) in [4.78, 5) is 13.6. The molecule has 1 aromatic carbocycles. The highest BCUT2D eigenvalue weighted by molar-refractivity contribution is 9.09. The minimum absolute atomic E-state index is 0.0830. The predicted octanol–water partition coefficient (Wildman–Crippen LogP) is 2.20. The molecule has 1 saturated heterocycles. The average molecular weight is 298 g/mol. The van der Waals surface area contributed by atoms with E-state index in [1.54, 1.807) is 0 Å². The van der Waals surface area contributed by atoms with Crippen LogP contribution < -0.4 is 0 Å². The quantitative estimate of drug-likeness (QED) is 0.798. The van der Waals surface area contributed by atoms with Gasteiger partial charge < -0.3 is 9.64 Å². The lowest BCUT2D eigenvalue weighted by Gasteiger charge is -2.32. The predicted molar refractivity (Wildman–Crippen MR) is 70.0 cm³/mol. The zero-order valence-electron chi connectivity index (χ0n) is 9.64. The molecular formula is C13H16BrNO2. The first-order valence-corrected chi connectivity index (χ1v) is 6.91. The van der Waals surface area contributed by atoms with Crippen molar-refractivity contribution >= 4 is 21.8 Å². The van der Waals surface area contributed by atoms with Crippen LogP contribution in [0.15, 0.2) is 30.3 Å². The SMILES string of the molecule is O=C1COC(CCBr)CN1Cc1ccccc1. The Morgan fingerprint density at radius 1 is 1.35 bits per heavy atom. The second-order valence-corrected chi connectivity index (χ2v) is 4.96. The number of rotatable bonds is 4. The Morgan fingerprint density at radius 2 is 2.12 bits per heavy atom. The molecule has 17 heavy (non-hydrogen) atoms. The molecule has 1 aromatic rings. The Morgan fingerprint density at radius 3 is 2.82 bits per heavy atom. The molecule has 1 unspecified atom stereocenters. The minimum Gasteiger partial charge on any atom is -0.367 e. The number of alkyl halides is 1. The van der Waals surface area contributed by atoms with Crippen molar-refractivity contribution < 1.29 is 9.53 Å². The Balaban J connectivity index is 1.96. The van der Waals surface area contributed by atoms with Crippen LogP contribution in [0.2, 0.25) is 0 Å². The fourth-order valence-corrected chi connectivity index (χ4v) is 2.44. The van der Waals surface area contributed by atoms with E-state index in [4.69, 9.17) is 4.74 Å². The molecule has 92 valence electrons. The number of nitrogens with zero attached hydrogens (tertiary/aromatic N) is 1. The van der Waals surface area contributed by atoms with E-state index in [2.05, 4.69) is 15.9 Å². The summed E-state index contributed by atoms with van der Waals surface area (Å²) < 4.78 is 5.48. The second-order valence-electron chi connectivity index (χ2n) is 4.17. The Labute approximate surface area is 110 Å². The van der Waals surface area contributed by atoms with E-state index in [1.807, 2.05) is 35.2 Å². The molecular weight excluding hydrogens is 282 g/mol. The highest BCUT2D eigenvalue weighted by atomic mass is 79.9. The number of hydrogen-bond acceptors (Lipinski definition) is 2. The van der Waals surface area contributed by atoms with Crippen molar-refractivity contribution in [2.45, 2.75) is 19.1 Å². The van der Waals surface area contributed by atoms with Crippen LogP contribution in [-0.4, -0.2) is 35.4 Å². The number of halogens is 1. The van der Waals surface area contributed by atoms with E-state index < -0.39 is 0 Å². The first-order valence-electron chi connectivity index (χ1n) is 5.79. The molecule has 0 aliphatic carbocycles. The molecule has 1 aliphatic heterocycles. The third-order valence-electron chi connectivity index (χ3n) is 2.87. The minimum atomic E-state index is 0.0830. The van der Waals surface area contributed by atoms with Gasteiger partial charge in [0.2, 0.25) is 5.91 Å². The largest absolute Gasteiger partial charge is 0.367 e. The number of morpholine rings is 1. The number of hydrogen-bond donors (Lipinski definition) is 0. The van der Waals surface area contributed by atoms with Crippen molar-refractivity contribution in [2.24, 2.45) is 0 Å². The molecule has 0 N–H and O–H groups in total. The van der Waals surface area contributed by atoms with Gasteiger partial charge in [0.25, 0.3) is 0 Å². The van der Waals surface area contributed by atoms with E-state index in [9.17, 15) is 4.79 Å². The van der Waals surface area contributed by atoms with E-state index in [0.717, 1.165) is 11.8 Å². The van der Waals surface area contributed by atoms with Gasteiger partial charge in [-0.25, -0.2) is 0 Å². The fraction of sp³-hybridized carbons (Fsp3) is 0.462. The first kappa shape index (κ1) is 12.6. The van der Waals surface area contributed by atoms with Gasteiger partial charge in [0.15, 0.2) is 0 Å². The average Bonchev–Trinajstić information content (AvgIpc) is 2.35. The molecule has 1 heterocycles. The van der Waals surface area contributed by atoms with Crippen molar-refractivity contribution in [3.8, 4) is 0 Å². The third kappa shape index (κ3) is 3.54. The molecule has 1 amide bonds.